The molecule has 1 fully saturated rings. The van der Waals surface area contributed by atoms with E-state index in [-0.39, 0.29) is 18.2 Å². The minimum absolute atomic E-state index is 0.0989. The zero-order valence-electron chi connectivity index (χ0n) is 15.6. The van der Waals surface area contributed by atoms with E-state index in [4.69, 9.17) is 0 Å². The predicted molar refractivity (Wildman–Crippen MR) is 109 cm³/mol. The molecule has 2 amide bonds. The summed E-state index contributed by atoms with van der Waals surface area (Å²) in [6, 6.07) is 11.6. The number of hydrogen-bond acceptors (Lipinski definition) is 5. The lowest BCUT2D eigenvalue weighted by atomic mass is 10.1. The Bertz CT molecular complexity index is 755. The van der Waals surface area contributed by atoms with E-state index >= 15 is 0 Å². The maximum Gasteiger partial charge on any atom is 0.261 e. The van der Waals surface area contributed by atoms with Gasteiger partial charge in [0.2, 0.25) is 5.91 Å². The number of rotatable bonds is 7. The van der Waals surface area contributed by atoms with E-state index in [1.807, 2.05) is 29.6 Å². The summed E-state index contributed by atoms with van der Waals surface area (Å²) in [5, 5.41) is 7.55. The van der Waals surface area contributed by atoms with Gasteiger partial charge in [0.25, 0.3) is 5.91 Å². The number of anilines is 1. The number of piperazine rings is 1. The van der Waals surface area contributed by atoms with Gasteiger partial charge in [-0.25, -0.2) is 0 Å². The normalized spacial score (nSPS) is 15.4. The molecule has 1 aliphatic heterocycles. The van der Waals surface area contributed by atoms with Crippen molar-refractivity contribution in [2.75, 3.05) is 45.1 Å². The molecule has 2 N–H and O–H groups in total. The summed E-state index contributed by atoms with van der Waals surface area (Å²) >= 11 is 1.39. The molecule has 0 spiro atoms. The first-order valence-corrected chi connectivity index (χ1v) is 10.1. The Kier molecular flexibility index (Phi) is 6.98. The monoisotopic (exact) mass is 386 g/mol. The molecule has 7 heteroatoms. The average Bonchev–Trinajstić information content (AvgIpc) is 3.19. The van der Waals surface area contributed by atoms with Crippen LogP contribution in [0.5, 0.6) is 0 Å². The predicted octanol–water partition coefficient (Wildman–Crippen LogP) is 2.25. The number of carbonyl (C=O) groups is 2. The molecule has 1 aromatic heterocycles. The summed E-state index contributed by atoms with van der Waals surface area (Å²) in [7, 11) is 2.15. The fourth-order valence-corrected chi connectivity index (χ4v) is 3.66. The molecule has 1 aliphatic rings. The molecule has 0 aliphatic carbocycles. The lowest BCUT2D eigenvalue weighted by Gasteiger charge is -2.32. The number of hydrogen-bond donors (Lipinski definition) is 2. The van der Waals surface area contributed by atoms with Gasteiger partial charge in [0.1, 0.15) is 0 Å². The van der Waals surface area contributed by atoms with Crippen LogP contribution in [-0.2, 0) is 11.3 Å². The van der Waals surface area contributed by atoms with Gasteiger partial charge in [0.05, 0.1) is 4.88 Å². The standard InChI is InChI=1S/C20H26N4O2S/c1-23-9-11-24(12-10-23)15-16-4-2-5-17(14-16)22-19(25)7-8-21-20(26)18-6-3-13-27-18/h2-6,13-14H,7-12,15H2,1H3,(H,21,26)(H,22,25). The van der Waals surface area contributed by atoms with E-state index in [0.29, 0.717) is 11.4 Å². The Balaban J connectivity index is 1.43. The van der Waals surface area contributed by atoms with Crippen LogP contribution in [0.3, 0.4) is 0 Å². The van der Waals surface area contributed by atoms with Gasteiger partial charge in [0, 0.05) is 51.4 Å². The van der Waals surface area contributed by atoms with E-state index in [0.717, 1.165) is 38.4 Å². The van der Waals surface area contributed by atoms with Crippen LogP contribution in [0.1, 0.15) is 21.7 Å². The van der Waals surface area contributed by atoms with E-state index in [9.17, 15) is 9.59 Å². The van der Waals surface area contributed by atoms with Crippen molar-refractivity contribution in [1.29, 1.82) is 0 Å². The second-order valence-electron chi connectivity index (χ2n) is 6.81. The SMILES string of the molecule is CN1CCN(Cc2cccc(NC(=O)CCNC(=O)c3cccs3)c2)CC1. The summed E-state index contributed by atoms with van der Waals surface area (Å²) in [5.41, 5.74) is 2.00. The first kappa shape index (κ1) is 19.5. The molecule has 0 bridgehead atoms. The highest BCUT2D eigenvalue weighted by molar-refractivity contribution is 7.12. The average molecular weight is 387 g/mol. The van der Waals surface area contributed by atoms with Crippen LogP contribution in [0.4, 0.5) is 5.69 Å². The van der Waals surface area contributed by atoms with Crippen LogP contribution in [0.15, 0.2) is 41.8 Å². The lowest BCUT2D eigenvalue weighted by molar-refractivity contribution is -0.116. The maximum atomic E-state index is 12.1. The Hall–Kier alpha value is -2.22. The smallest absolute Gasteiger partial charge is 0.261 e. The zero-order valence-corrected chi connectivity index (χ0v) is 16.4. The molecule has 27 heavy (non-hydrogen) atoms. The first-order chi connectivity index (χ1) is 13.1. The Morgan fingerprint density at radius 3 is 2.67 bits per heavy atom. The quantitative estimate of drug-likeness (QED) is 0.766. The molecule has 144 valence electrons. The van der Waals surface area contributed by atoms with Crippen molar-refractivity contribution in [2.24, 2.45) is 0 Å². The number of amides is 2. The molecule has 0 saturated carbocycles. The number of likely N-dealkylation sites (N-methyl/N-ethyl adjacent to an activating group) is 1. The third-order valence-electron chi connectivity index (χ3n) is 4.60. The fourth-order valence-electron chi connectivity index (χ4n) is 3.02. The Morgan fingerprint density at radius 1 is 1.11 bits per heavy atom. The molecule has 3 rings (SSSR count). The third-order valence-corrected chi connectivity index (χ3v) is 5.46. The van der Waals surface area contributed by atoms with Crippen LogP contribution in [-0.4, -0.2) is 61.4 Å². The number of nitrogens with zero attached hydrogens (tertiary/aromatic N) is 2. The molecule has 0 atom stereocenters. The van der Waals surface area contributed by atoms with Gasteiger partial charge in [0.15, 0.2) is 0 Å². The van der Waals surface area contributed by atoms with Crippen LogP contribution < -0.4 is 10.6 Å². The summed E-state index contributed by atoms with van der Waals surface area (Å²) < 4.78 is 0. The second-order valence-corrected chi connectivity index (χ2v) is 7.76. The number of carbonyl (C=O) groups excluding carboxylic acids is 2. The van der Waals surface area contributed by atoms with Gasteiger partial charge in [-0.3, -0.25) is 14.5 Å². The van der Waals surface area contributed by atoms with Crippen LogP contribution in [0.2, 0.25) is 0 Å². The van der Waals surface area contributed by atoms with E-state index in [1.165, 1.54) is 16.9 Å². The van der Waals surface area contributed by atoms with Crippen molar-refractivity contribution in [3.05, 3.63) is 52.2 Å². The first-order valence-electron chi connectivity index (χ1n) is 9.21. The highest BCUT2D eigenvalue weighted by atomic mass is 32.1. The third kappa shape index (κ3) is 6.16. The Labute approximate surface area is 164 Å². The highest BCUT2D eigenvalue weighted by Crippen LogP contribution is 2.14. The lowest BCUT2D eigenvalue weighted by Crippen LogP contribution is -2.43. The minimum atomic E-state index is -0.132. The van der Waals surface area contributed by atoms with Crippen molar-refractivity contribution < 1.29 is 9.59 Å². The summed E-state index contributed by atoms with van der Waals surface area (Å²) in [6.07, 6.45) is 0.250. The van der Waals surface area contributed by atoms with Crippen LogP contribution >= 0.6 is 11.3 Å². The topological polar surface area (TPSA) is 64.7 Å². The highest BCUT2D eigenvalue weighted by Gasteiger charge is 2.14. The van der Waals surface area contributed by atoms with Crippen molar-refractivity contribution in [3.8, 4) is 0 Å². The fraction of sp³-hybridized carbons (Fsp3) is 0.400. The Morgan fingerprint density at radius 2 is 1.93 bits per heavy atom. The summed E-state index contributed by atoms with van der Waals surface area (Å²) in [5.74, 6) is -0.231. The summed E-state index contributed by atoms with van der Waals surface area (Å²) in [6.45, 7) is 5.53. The van der Waals surface area contributed by atoms with Gasteiger partial charge in [-0.1, -0.05) is 18.2 Å². The van der Waals surface area contributed by atoms with Crippen molar-refractivity contribution in [1.82, 2.24) is 15.1 Å². The van der Waals surface area contributed by atoms with E-state index < -0.39 is 0 Å². The largest absolute Gasteiger partial charge is 0.351 e. The van der Waals surface area contributed by atoms with Gasteiger partial charge in [-0.15, -0.1) is 11.3 Å². The minimum Gasteiger partial charge on any atom is -0.351 e. The molecule has 1 aromatic carbocycles. The van der Waals surface area contributed by atoms with Crippen LogP contribution in [0.25, 0.3) is 0 Å². The zero-order chi connectivity index (χ0) is 19.1. The molecule has 2 aromatic rings. The van der Waals surface area contributed by atoms with Crippen molar-refractivity contribution in [2.45, 2.75) is 13.0 Å². The van der Waals surface area contributed by atoms with E-state index in [2.05, 4.69) is 33.5 Å². The molecule has 1 saturated heterocycles. The summed E-state index contributed by atoms with van der Waals surface area (Å²) in [4.78, 5) is 29.4. The van der Waals surface area contributed by atoms with Gasteiger partial charge in [-0.2, -0.15) is 0 Å². The second kappa shape index (κ2) is 9.64. The molecule has 2 heterocycles. The van der Waals surface area contributed by atoms with Crippen LogP contribution in [0, 0.1) is 0 Å². The van der Waals surface area contributed by atoms with Crippen molar-refractivity contribution >= 4 is 28.8 Å². The van der Waals surface area contributed by atoms with Gasteiger partial charge < -0.3 is 15.5 Å². The molecular formula is C20H26N4O2S. The molecule has 0 radical (unpaired) electrons. The maximum absolute atomic E-state index is 12.1. The molecule has 6 nitrogen and oxygen atoms in total. The number of nitrogens with one attached hydrogen (secondary N) is 2. The van der Waals surface area contributed by atoms with Gasteiger partial charge >= 0.3 is 0 Å². The molecule has 0 unspecified atom stereocenters. The number of thiophene rings is 1. The van der Waals surface area contributed by atoms with Crippen molar-refractivity contribution in [3.63, 3.8) is 0 Å². The molecular weight excluding hydrogens is 360 g/mol. The van der Waals surface area contributed by atoms with E-state index in [1.54, 1.807) is 6.07 Å². The van der Waals surface area contributed by atoms with Gasteiger partial charge in [-0.05, 0) is 36.2 Å². The number of benzene rings is 1.